The molecule has 1 heterocycles. The van der Waals surface area contributed by atoms with Crippen LogP contribution in [0, 0.1) is 5.92 Å². The van der Waals surface area contributed by atoms with E-state index in [1.54, 1.807) is 6.20 Å². The van der Waals surface area contributed by atoms with Crippen molar-refractivity contribution in [3.8, 4) is 0 Å². The Morgan fingerprint density at radius 1 is 1.26 bits per heavy atom. The molecule has 0 atom stereocenters. The van der Waals surface area contributed by atoms with Crippen molar-refractivity contribution < 1.29 is 0 Å². The molecule has 1 aromatic rings. The van der Waals surface area contributed by atoms with E-state index in [1.165, 1.54) is 32.1 Å². The van der Waals surface area contributed by atoms with Crippen LogP contribution in [0.3, 0.4) is 0 Å². The van der Waals surface area contributed by atoms with Gasteiger partial charge in [0.15, 0.2) is 0 Å². The number of rotatable bonds is 5. The monoisotopic (exact) mass is 261 g/mol. The molecule has 0 aromatic carbocycles. The molecule has 0 bridgehead atoms. The molecule has 1 fully saturated rings. The molecule has 106 valence electrons. The Hall–Kier alpha value is -1.09. The molecular weight excluding hydrogens is 234 g/mol. The number of likely N-dealkylation sites (N-methyl/N-ethyl adjacent to an activating group) is 1. The van der Waals surface area contributed by atoms with Crippen LogP contribution in [0.5, 0.6) is 0 Å². The summed E-state index contributed by atoms with van der Waals surface area (Å²) in [5.41, 5.74) is 7.54. The summed E-state index contributed by atoms with van der Waals surface area (Å²) in [7, 11) is 2.26. The van der Waals surface area contributed by atoms with Crippen LogP contribution in [-0.2, 0) is 6.42 Å². The molecule has 3 heteroatoms. The Balaban J connectivity index is 1.75. The summed E-state index contributed by atoms with van der Waals surface area (Å²) in [5, 5.41) is 0. The number of anilines is 1. The van der Waals surface area contributed by atoms with Gasteiger partial charge < -0.3 is 10.6 Å². The quantitative estimate of drug-likeness (QED) is 0.885. The molecule has 0 unspecified atom stereocenters. The predicted octanol–water partition coefficient (Wildman–Crippen LogP) is 3.11. The van der Waals surface area contributed by atoms with Gasteiger partial charge in [-0.3, -0.25) is 4.98 Å². The van der Waals surface area contributed by atoms with E-state index in [0.29, 0.717) is 0 Å². The normalized spacial score (nSPS) is 23.7. The van der Waals surface area contributed by atoms with E-state index in [4.69, 9.17) is 5.73 Å². The van der Waals surface area contributed by atoms with Crippen LogP contribution in [-0.4, -0.2) is 29.5 Å². The first-order valence-corrected chi connectivity index (χ1v) is 7.59. The summed E-state index contributed by atoms with van der Waals surface area (Å²) in [5.74, 6) is 0.975. The highest BCUT2D eigenvalue weighted by Crippen LogP contribution is 2.28. The Bertz CT molecular complexity index is 366. The van der Waals surface area contributed by atoms with E-state index in [-0.39, 0.29) is 0 Å². The molecule has 1 aliphatic rings. The summed E-state index contributed by atoms with van der Waals surface area (Å²) in [6, 6.07) is 4.75. The number of nitrogens with two attached hydrogens (primary N) is 1. The van der Waals surface area contributed by atoms with Crippen molar-refractivity contribution in [3.05, 3.63) is 24.0 Å². The first-order valence-electron chi connectivity index (χ1n) is 7.59. The zero-order valence-corrected chi connectivity index (χ0v) is 12.3. The number of nitrogen functional groups attached to an aromatic ring is 1. The maximum absolute atomic E-state index is 5.65. The second-order valence-electron chi connectivity index (χ2n) is 5.90. The van der Waals surface area contributed by atoms with Crippen LogP contribution >= 0.6 is 0 Å². The summed E-state index contributed by atoms with van der Waals surface area (Å²) >= 11 is 0. The zero-order chi connectivity index (χ0) is 13.7. The summed E-state index contributed by atoms with van der Waals surface area (Å²) in [6.07, 6.45) is 9.67. The van der Waals surface area contributed by atoms with E-state index in [9.17, 15) is 0 Å². The van der Waals surface area contributed by atoms with Crippen molar-refractivity contribution >= 4 is 5.69 Å². The number of aromatic nitrogens is 1. The average Bonchev–Trinajstić information content (AvgIpc) is 2.46. The molecular formula is C16H27N3. The lowest BCUT2D eigenvalue weighted by molar-refractivity contribution is 0.165. The minimum atomic E-state index is 0.745. The van der Waals surface area contributed by atoms with E-state index in [0.717, 1.165) is 36.3 Å². The number of pyridine rings is 1. The van der Waals surface area contributed by atoms with Gasteiger partial charge in [-0.15, -0.1) is 0 Å². The minimum Gasteiger partial charge on any atom is -0.397 e. The highest BCUT2D eigenvalue weighted by Gasteiger charge is 2.22. The molecule has 0 amide bonds. The first-order chi connectivity index (χ1) is 9.19. The molecule has 0 aliphatic heterocycles. The van der Waals surface area contributed by atoms with Crippen LogP contribution in [0.2, 0.25) is 0 Å². The second kappa shape index (κ2) is 6.90. The number of nitrogens with zero attached hydrogens (tertiary/aromatic N) is 2. The minimum absolute atomic E-state index is 0.745. The van der Waals surface area contributed by atoms with Gasteiger partial charge in [-0.1, -0.05) is 13.3 Å². The van der Waals surface area contributed by atoms with Gasteiger partial charge in [0.05, 0.1) is 11.9 Å². The van der Waals surface area contributed by atoms with E-state index in [2.05, 4.69) is 23.9 Å². The van der Waals surface area contributed by atoms with Gasteiger partial charge in [0.25, 0.3) is 0 Å². The molecule has 1 aromatic heterocycles. The van der Waals surface area contributed by atoms with Crippen LogP contribution in [0.25, 0.3) is 0 Å². The molecule has 2 N–H and O–H groups in total. The molecule has 2 rings (SSSR count). The van der Waals surface area contributed by atoms with Gasteiger partial charge in [0.1, 0.15) is 0 Å². The average molecular weight is 261 g/mol. The fourth-order valence-electron chi connectivity index (χ4n) is 3.05. The third-order valence-corrected chi connectivity index (χ3v) is 4.59. The predicted molar refractivity (Wildman–Crippen MR) is 81.0 cm³/mol. The van der Waals surface area contributed by atoms with Crippen molar-refractivity contribution in [3.63, 3.8) is 0 Å². The smallest absolute Gasteiger partial charge is 0.0501 e. The van der Waals surface area contributed by atoms with Crippen LogP contribution in [0.1, 0.15) is 44.7 Å². The molecule has 19 heavy (non-hydrogen) atoms. The van der Waals surface area contributed by atoms with Gasteiger partial charge in [-0.05, 0) is 50.8 Å². The molecule has 0 spiro atoms. The maximum atomic E-state index is 5.65. The molecule has 0 radical (unpaired) electrons. The molecule has 3 nitrogen and oxygen atoms in total. The van der Waals surface area contributed by atoms with Crippen LogP contribution in [0.4, 0.5) is 5.69 Å². The summed E-state index contributed by atoms with van der Waals surface area (Å²) in [4.78, 5) is 6.89. The Labute approximate surface area is 117 Å². The van der Waals surface area contributed by atoms with Crippen molar-refractivity contribution in [2.45, 2.75) is 51.5 Å². The Morgan fingerprint density at radius 3 is 2.58 bits per heavy atom. The highest BCUT2D eigenvalue weighted by molar-refractivity contribution is 5.34. The SMILES string of the molecule is CCC1CCC(N(C)CCc2ccc(N)cn2)CC1. The van der Waals surface area contributed by atoms with Crippen molar-refractivity contribution in [2.24, 2.45) is 5.92 Å². The lowest BCUT2D eigenvalue weighted by Crippen LogP contribution is -2.36. The van der Waals surface area contributed by atoms with Crippen molar-refractivity contribution in [1.29, 1.82) is 0 Å². The number of hydrogen-bond donors (Lipinski definition) is 1. The topological polar surface area (TPSA) is 42.1 Å². The third kappa shape index (κ3) is 4.20. The lowest BCUT2D eigenvalue weighted by atomic mass is 9.84. The summed E-state index contributed by atoms with van der Waals surface area (Å²) in [6.45, 7) is 3.42. The van der Waals surface area contributed by atoms with Crippen LogP contribution in [0.15, 0.2) is 18.3 Å². The lowest BCUT2D eigenvalue weighted by Gasteiger charge is -2.34. The zero-order valence-electron chi connectivity index (χ0n) is 12.3. The first kappa shape index (κ1) is 14.3. The van der Waals surface area contributed by atoms with Crippen LogP contribution < -0.4 is 5.73 Å². The Morgan fingerprint density at radius 2 is 2.00 bits per heavy atom. The van der Waals surface area contributed by atoms with Crippen molar-refractivity contribution in [2.75, 3.05) is 19.3 Å². The van der Waals surface area contributed by atoms with E-state index in [1.807, 2.05) is 12.1 Å². The van der Waals surface area contributed by atoms with Crippen molar-refractivity contribution in [1.82, 2.24) is 9.88 Å². The van der Waals surface area contributed by atoms with Gasteiger partial charge >= 0.3 is 0 Å². The van der Waals surface area contributed by atoms with E-state index < -0.39 is 0 Å². The molecule has 1 saturated carbocycles. The largest absolute Gasteiger partial charge is 0.397 e. The van der Waals surface area contributed by atoms with Gasteiger partial charge in [0.2, 0.25) is 0 Å². The maximum Gasteiger partial charge on any atom is 0.0501 e. The standard InChI is InChI=1S/C16H27N3/c1-3-13-4-8-16(9-5-13)19(2)11-10-15-7-6-14(17)12-18-15/h6-7,12-13,16H,3-5,8-11,17H2,1-2H3. The molecule has 1 aliphatic carbocycles. The fourth-order valence-corrected chi connectivity index (χ4v) is 3.05. The van der Waals surface area contributed by atoms with E-state index >= 15 is 0 Å². The number of hydrogen-bond acceptors (Lipinski definition) is 3. The van der Waals surface area contributed by atoms with Gasteiger partial charge in [-0.25, -0.2) is 0 Å². The molecule has 0 saturated heterocycles. The second-order valence-corrected chi connectivity index (χ2v) is 5.90. The fraction of sp³-hybridized carbons (Fsp3) is 0.688. The highest BCUT2D eigenvalue weighted by atomic mass is 15.1. The third-order valence-electron chi connectivity index (χ3n) is 4.59. The summed E-state index contributed by atoms with van der Waals surface area (Å²) < 4.78 is 0. The Kier molecular flexibility index (Phi) is 5.20. The van der Waals surface area contributed by atoms with Gasteiger partial charge in [0, 0.05) is 24.7 Å². The van der Waals surface area contributed by atoms with Gasteiger partial charge in [-0.2, -0.15) is 0 Å².